The maximum Gasteiger partial charge on any atom is 0.272 e. The van der Waals surface area contributed by atoms with Gasteiger partial charge in [0.1, 0.15) is 5.35 Å². The second-order valence-corrected chi connectivity index (χ2v) is 6.23. The molecule has 0 saturated heterocycles. The van der Waals surface area contributed by atoms with Crippen LogP contribution in [0.25, 0.3) is 12.7 Å². The van der Waals surface area contributed by atoms with Gasteiger partial charge in [-0.1, -0.05) is 50.8 Å². The van der Waals surface area contributed by atoms with Crippen LogP contribution in [0.2, 0.25) is 0 Å². The highest BCUT2D eigenvalue weighted by molar-refractivity contribution is 5.47. The summed E-state index contributed by atoms with van der Waals surface area (Å²) in [4.78, 5) is 33.2. The van der Waals surface area contributed by atoms with Crippen LogP contribution in [0, 0.1) is 0 Å². The first kappa shape index (κ1) is 16.7. The van der Waals surface area contributed by atoms with Gasteiger partial charge in [0.2, 0.25) is 0 Å². The number of hydrogen-bond donors (Lipinski definition) is 2. The summed E-state index contributed by atoms with van der Waals surface area (Å²) in [5.41, 5.74) is 2.03. The number of H-pyrrole nitrogens is 2. The summed E-state index contributed by atoms with van der Waals surface area (Å²) in [5, 5.41) is 0.213. The van der Waals surface area contributed by atoms with Crippen molar-refractivity contribution in [1.29, 1.82) is 0 Å². The van der Waals surface area contributed by atoms with E-state index in [0.29, 0.717) is 12.2 Å². The van der Waals surface area contributed by atoms with Gasteiger partial charge in [0.05, 0.1) is 17.4 Å². The summed E-state index contributed by atoms with van der Waals surface area (Å²) in [6.45, 7) is 8.33. The van der Waals surface area contributed by atoms with Crippen molar-refractivity contribution in [1.82, 2.24) is 19.5 Å². The van der Waals surface area contributed by atoms with Crippen LogP contribution >= 0.6 is 0 Å². The molecule has 0 amide bonds. The van der Waals surface area contributed by atoms with Crippen LogP contribution in [0.1, 0.15) is 36.7 Å². The number of nitrogens with zero attached hydrogens (tertiary/aromatic N) is 2. The maximum atomic E-state index is 12.0. The van der Waals surface area contributed by atoms with Crippen LogP contribution in [0.4, 0.5) is 0 Å². The molecule has 2 N–H and O–H groups in total. The second kappa shape index (κ2) is 6.76. The lowest BCUT2D eigenvalue weighted by atomic mass is 10.1. The van der Waals surface area contributed by atoms with Crippen molar-refractivity contribution in [2.24, 2.45) is 0 Å². The molecule has 25 heavy (non-hydrogen) atoms. The van der Waals surface area contributed by atoms with E-state index >= 15 is 0 Å². The van der Waals surface area contributed by atoms with Gasteiger partial charge < -0.3 is 14.5 Å². The van der Waals surface area contributed by atoms with Gasteiger partial charge in [-0.15, -0.1) is 0 Å². The molecule has 0 bridgehead atoms. The van der Waals surface area contributed by atoms with Crippen molar-refractivity contribution in [3.05, 3.63) is 85.0 Å². The number of aromatic nitrogens is 4. The first-order valence-corrected chi connectivity index (χ1v) is 8.08. The number of nitrogens with one attached hydrogen (secondary N) is 2. The minimum absolute atomic E-state index is 0.0424. The fourth-order valence-electron chi connectivity index (χ4n) is 2.81. The standard InChI is InChI=1S/C19H20N4O2/c1-12(2)17-15(9-16-19(25)21-13(3)18(24)22-16)20-11-23(17)10-14-7-5-4-6-8-14/h4-9,11-12H,3,10H2,1-2H3,(H,21,25)(H,22,24). The van der Waals surface area contributed by atoms with Crippen molar-refractivity contribution >= 4 is 12.7 Å². The summed E-state index contributed by atoms with van der Waals surface area (Å²) < 4.78 is 2.06. The monoisotopic (exact) mass is 336 g/mol. The van der Waals surface area contributed by atoms with E-state index in [1.807, 2.05) is 18.2 Å². The third kappa shape index (κ3) is 3.52. The van der Waals surface area contributed by atoms with Crippen LogP contribution in [0.15, 0.2) is 46.2 Å². The van der Waals surface area contributed by atoms with E-state index in [-0.39, 0.29) is 16.6 Å². The number of imidazole rings is 1. The summed E-state index contributed by atoms with van der Waals surface area (Å²) in [6.07, 6.45) is 3.37. The normalized spacial score (nSPS) is 12.0. The average Bonchev–Trinajstić information content (AvgIpc) is 2.96. The van der Waals surface area contributed by atoms with Crippen LogP contribution in [-0.2, 0) is 6.54 Å². The number of rotatable bonds is 4. The van der Waals surface area contributed by atoms with Crippen molar-refractivity contribution in [2.45, 2.75) is 26.3 Å². The summed E-state index contributed by atoms with van der Waals surface area (Å²) >= 11 is 0. The molecule has 2 aromatic heterocycles. The molecular formula is C19H20N4O2. The molecule has 0 saturated carbocycles. The average molecular weight is 336 g/mol. The lowest BCUT2D eigenvalue weighted by molar-refractivity contribution is 0.690. The van der Waals surface area contributed by atoms with E-state index in [0.717, 1.165) is 5.69 Å². The largest absolute Gasteiger partial charge is 0.329 e. The highest BCUT2D eigenvalue weighted by atomic mass is 16.1. The predicted molar refractivity (Wildman–Crippen MR) is 97.9 cm³/mol. The molecule has 6 heteroatoms. The quantitative estimate of drug-likeness (QED) is 0.734. The molecule has 0 radical (unpaired) electrons. The minimum Gasteiger partial charge on any atom is -0.329 e. The molecule has 3 rings (SSSR count). The molecule has 0 aliphatic rings. The van der Waals surface area contributed by atoms with E-state index in [1.165, 1.54) is 5.56 Å². The Bertz CT molecular complexity index is 1100. The van der Waals surface area contributed by atoms with Crippen molar-refractivity contribution in [3.8, 4) is 0 Å². The molecule has 0 unspecified atom stereocenters. The van der Waals surface area contributed by atoms with Gasteiger partial charge in [0.25, 0.3) is 11.1 Å². The first-order chi connectivity index (χ1) is 12.0. The van der Waals surface area contributed by atoms with Crippen molar-refractivity contribution in [3.63, 3.8) is 0 Å². The SMILES string of the molecule is C=c1[nH]c(=O)c(=Cc2ncn(Cc3ccccc3)c2C(C)C)[nH]c1=O. The molecule has 0 spiro atoms. The van der Waals surface area contributed by atoms with Gasteiger partial charge >= 0.3 is 0 Å². The Hall–Kier alpha value is -3.15. The zero-order valence-electron chi connectivity index (χ0n) is 14.2. The maximum absolute atomic E-state index is 12.0. The van der Waals surface area contributed by atoms with Crippen molar-refractivity contribution < 1.29 is 0 Å². The molecule has 0 atom stereocenters. The first-order valence-electron chi connectivity index (χ1n) is 8.08. The van der Waals surface area contributed by atoms with Gasteiger partial charge in [0.15, 0.2) is 0 Å². The Labute approximate surface area is 144 Å². The van der Waals surface area contributed by atoms with Crippen LogP contribution in [0.3, 0.4) is 0 Å². The van der Waals surface area contributed by atoms with Gasteiger partial charge in [0, 0.05) is 12.2 Å². The van der Waals surface area contributed by atoms with E-state index in [4.69, 9.17) is 0 Å². The number of hydrogen-bond acceptors (Lipinski definition) is 3. The van der Waals surface area contributed by atoms with Crippen LogP contribution in [0.5, 0.6) is 0 Å². The molecule has 3 aromatic rings. The Balaban J connectivity index is 2.11. The highest BCUT2D eigenvalue weighted by Crippen LogP contribution is 2.20. The zero-order chi connectivity index (χ0) is 18.0. The molecule has 0 fully saturated rings. The fraction of sp³-hybridized carbons (Fsp3) is 0.211. The topological polar surface area (TPSA) is 83.5 Å². The lowest BCUT2D eigenvalue weighted by Crippen LogP contribution is -2.46. The molecule has 128 valence electrons. The Kier molecular flexibility index (Phi) is 4.52. The smallest absolute Gasteiger partial charge is 0.272 e. The van der Waals surface area contributed by atoms with Gasteiger partial charge in [-0.2, -0.15) is 0 Å². The summed E-state index contributed by atoms with van der Waals surface area (Å²) in [6, 6.07) is 10.1. The zero-order valence-corrected chi connectivity index (χ0v) is 14.2. The molecule has 0 aliphatic heterocycles. The minimum atomic E-state index is -0.416. The van der Waals surface area contributed by atoms with Gasteiger partial charge in [-0.25, -0.2) is 4.98 Å². The highest BCUT2D eigenvalue weighted by Gasteiger charge is 2.13. The van der Waals surface area contributed by atoms with E-state index in [2.05, 4.69) is 52.1 Å². The Morgan fingerprint density at radius 3 is 2.56 bits per heavy atom. The lowest BCUT2D eigenvalue weighted by Gasteiger charge is -2.12. The molecule has 0 aliphatic carbocycles. The summed E-state index contributed by atoms with van der Waals surface area (Å²) in [5.74, 6) is 0.204. The number of aromatic amines is 2. The molecule has 2 heterocycles. The van der Waals surface area contributed by atoms with E-state index in [9.17, 15) is 9.59 Å². The predicted octanol–water partition coefficient (Wildman–Crippen LogP) is 0.670. The Morgan fingerprint density at radius 2 is 1.88 bits per heavy atom. The third-order valence-corrected chi connectivity index (χ3v) is 3.96. The van der Waals surface area contributed by atoms with Crippen molar-refractivity contribution in [2.75, 3.05) is 0 Å². The van der Waals surface area contributed by atoms with Crippen LogP contribution in [-0.4, -0.2) is 19.5 Å². The molecule has 1 aromatic carbocycles. The molecule has 6 nitrogen and oxygen atoms in total. The fourth-order valence-corrected chi connectivity index (χ4v) is 2.81. The third-order valence-electron chi connectivity index (χ3n) is 3.96. The van der Waals surface area contributed by atoms with Gasteiger partial charge in [-0.3, -0.25) is 9.59 Å². The Morgan fingerprint density at radius 1 is 1.16 bits per heavy atom. The summed E-state index contributed by atoms with van der Waals surface area (Å²) in [7, 11) is 0. The van der Waals surface area contributed by atoms with E-state index in [1.54, 1.807) is 12.4 Å². The second-order valence-electron chi connectivity index (χ2n) is 6.23. The number of benzene rings is 1. The van der Waals surface area contributed by atoms with Crippen LogP contribution < -0.4 is 21.8 Å². The van der Waals surface area contributed by atoms with Gasteiger partial charge in [-0.05, 0) is 17.6 Å². The van der Waals surface area contributed by atoms with E-state index < -0.39 is 11.1 Å². The molecular weight excluding hydrogens is 316 g/mol.